The second-order valence-corrected chi connectivity index (χ2v) is 27.3. The molecule has 18 aromatic carbocycles. The second kappa shape index (κ2) is 21.0. The smallest absolute Gasteiger partial charge is 0.0440 e. The van der Waals surface area contributed by atoms with Gasteiger partial charge in [-0.3, -0.25) is 0 Å². The fraction of sp³-hybridized carbons (Fsp3) is 0. The van der Waals surface area contributed by atoms with E-state index in [1.54, 1.807) is 0 Å². The first-order valence-corrected chi connectivity index (χ1v) is 34.1. The summed E-state index contributed by atoms with van der Waals surface area (Å²) in [5.74, 6) is 0. The third-order valence-electron chi connectivity index (χ3n) is 20.3. The van der Waals surface area contributed by atoms with Crippen molar-refractivity contribution >= 4 is 149 Å². The van der Waals surface area contributed by atoms with Gasteiger partial charge in [-0.2, -0.15) is 0 Å². The van der Waals surface area contributed by atoms with Crippen molar-refractivity contribution in [2.24, 2.45) is 0 Å². The summed E-state index contributed by atoms with van der Waals surface area (Å²) in [7, 11) is 0. The molecule has 20 rings (SSSR count). The van der Waals surface area contributed by atoms with Gasteiger partial charge in [-0.15, -0.1) is 22.7 Å². The molecule has 0 saturated heterocycles. The molecule has 434 valence electrons. The first-order valence-electron chi connectivity index (χ1n) is 32.5. The molecule has 0 fully saturated rings. The Morgan fingerprint density at radius 3 is 1.09 bits per heavy atom. The van der Waals surface area contributed by atoms with E-state index < -0.39 is 0 Å². The van der Waals surface area contributed by atoms with Crippen LogP contribution in [-0.4, -0.2) is 0 Å². The van der Waals surface area contributed by atoms with E-state index in [0.717, 1.165) is 0 Å². The third-order valence-corrected chi connectivity index (χ3v) is 22.7. The molecule has 0 spiro atoms. The maximum Gasteiger partial charge on any atom is 0.0440 e. The fourth-order valence-electron chi connectivity index (χ4n) is 16.1. The normalized spacial score (nSPS) is 12.0. The zero-order chi connectivity index (χ0) is 61.5. The summed E-state index contributed by atoms with van der Waals surface area (Å²) in [6.45, 7) is 0. The lowest BCUT2D eigenvalue weighted by atomic mass is 9.83. The Morgan fingerprint density at radius 1 is 0.160 bits per heavy atom. The van der Waals surface area contributed by atoms with E-state index in [1.165, 1.54) is 204 Å². The van der Waals surface area contributed by atoms with Gasteiger partial charge >= 0.3 is 0 Å². The van der Waals surface area contributed by atoms with Crippen molar-refractivity contribution in [3.05, 3.63) is 328 Å². The molecule has 2 heteroatoms. The van der Waals surface area contributed by atoms with Gasteiger partial charge in [0.25, 0.3) is 0 Å². The van der Waals surface area contributed by atoms with Crippen molar-refractivity contribution < 1.29 is 0 Å². The van der Waals surface area contributed by atoms with Gasteiger partial charge in [0.2, 0.25) is 0 Å². The number of hydrogen-bond acceptors (Lipinski definition) is 2. The van der Waals surface area contributed by atoms with Crippen molar-refractivity contribution in [1.82, 2.24) is 0 Å². The largest absolute Gasteiger partial charge is 0.135 e. The Hall–Kier alpha value is -11.5. The van der Waals surface area contributed by atoms with Gasteiger partial charge in [0.05, 0.1) is 0 Å². The van der Waals surface area contributed by atoms with Gasteiger partial charge < -0.3 is 0 Å². The summed E-state index contributed by atoms with van der Waals surface area (Å²) >= 11 is 3.85. The van der Waals surface area contributed by atoms with E-state index in [9.17, 15) is 0 Å². The Labute approximate surface area is 550 Å². The molecule has 0 nitrogen and oxygen atoms in total. The molecule has 0 aliphatic heterocycles. The molecule has 0 unspecified atom stereocenters. The van der Waals surface area contributed by atoms with Crippen molar-refractivity contribution in [1.29, 1.82) is 0 Å². The van der Waals surface area contributed by atoms with Gasteiger partial charge in [0.1, 0.15) is 0 Å². The predicted molar refractivity (Wildman–Crippen MR) is 410 cm³/mol. The fourth-order valence-corrected chi connectivity index (χ4v) is 18.7. The SMILES string of the molecule is c1ccc2cc(-c3ccc(-c4c5ccccc5c(-c5ccc(-c6ccc(-c7ccc(-c8c9ccccc9c(-c9cccc%10sc%11c%12ccccc%12ccc%11c9%10)c9ccccc89)cc7)c7ccccc67)c6sc7c8ccccc8ccc7c56)c5ccccc45)cc3)ccc2c1. The predicted octanol–water partition coefficient (Wildman–Crippen LogP) is 27.3. The zero-order valence-electron chi connectivity index (χ0n) is 51.0. The number of benzene rings is 18. The minimum Gasteiger partial charge on any atom is -0.135 e. The van der Waals surface area contributed by atoms with Gasteiger partial charge in [0.15, 0.2) is 0 Å². The molecule has 0 atom stereocenters. The Morgan fingerprint density at radius 2 is 0.532 bits per heavy atom. The molecule has 94 heavy (non-hydrogen) atoms. The van der Waals surface area contributed by atoms with Crippen molar-refractivity contribution in [3.63, 3.8) is 0 Å². The average Bonchev–Trinajstić information content (AvgIpc) is 1.66. The summed E-state index contributed by atoms with van der Waals surface area (Å²) < 4.78 is 5.28. The third kappa shape index (κ3) is 8.04. The summed E-state index contributed by atoms with van der Waals surface area (Å²) in [6.07, 6.45) is 0. The van der Waals surface area contributed by atoms with E-state index >= 15 is 0 Å². The molecule has 0 aliphatic carbocycles. The van der Waals surface area contributed by atoms with Gasteiger partial charge in [-0.05, 0) is 171 Å². The number of rotatable bonds is 7. The first kappa shape index (κ1) is 53.2. The minimum atomic E-state index is 1.19. The van der Waals surface area contributed by atoms with Crippen LogP contribution in [0.25, 0.3) is 204 Å². The van der Waals surface area contributed by atoms with E-state index in [0.29, 0.717) is 0 Å². The van der Waals surface area contributed by atoms with Crippen molar-refractivity contribution in [2.45, 2.75) is 0 Å². The summed E-state index contributed by atoms with van der Waals surface area (Å²) in [5, 5.41) is 25.4. The lowest BCUT2D eigenvalue weighted by Gasteiger charge is -2.20. The highest BCUT2D eigenvalue weighted by Gasteiger charge is 2.25. The lowest BCUT2D eigenvalue weighted by Crippen LogP contribution is -1.92. The lowest BCUT2D eigenvalue weighted by molar-refractivity contribution is 1.63. The summed E-state index contributed by atoms with van der Waals surface area (Å²) in [4.78, 5) is 0. The quantitative estimate of drug-likeness (QED) is 0.140. The number of hydrogen-bond donors (Lipinski definition) is 0. The average molecular weight is 1220 g/mol. The highest BCUT2D eigenvalue weighted by molar-refractivity contribution is 7.27. The topological polar surface area (TPSA) is 0 Å². The molecule has 2 aromatic heterocycles. The van der Waals surface area contributed by atoms with Crippen LogP contribution < -0.4 is 0 Å². The van der Waals surface area contributed by atoms with Gasteiger partial charge in [-0.1, -0.05) is 315 Å². The van der Waals surface area contributed by atoms with E-state index in [-0.39, 0.29) is 0 Å². The van der Waals surface area contributed by atoms with Crippen LogP contribution in [-0.2, 0) is 0 Å². The van der Waals surface area contributed by atoms with Crippen LogP contribution in [0.3, 0.4) is 0 Å². The van der Waals surface area contributed by atoms with E-state index in [4.69, 9.17) is 0 Å². The molecule has 20 aromatic rings. The molecule has 0 saturated carbocycles. The van der Waals surface area contributed by atoms with Crippen LogP contribution in [0.15, 0.2) is 328 Å². The molecular weight excluding hydrogens is 1170 g/mol. The Bertz CT molecular complexity index is 6460. The van der Waals surface area contributed by atoms with Crippen LogP contribution >= 0.6 is 22.7 Å². The van der Waals surface area contributed by atoms with E-state index in [1.807, 2.05) is 22.7 Å². The summed E-state index contributed by atoms with van der Waals surface area (Å²) in [6, 6.07) is 123. The number of fused-ring (bicyclic) bond motifs is 16. The molecule has 0 aliphatic rings. The molecule has 0 bridgehead atoms. The Balaban J connectivity index is 0.727. The van der Waals surface area contributed by atoms with Gasteiger partial charge in [0, 0.05) is 45.9 Å². The van der Waals surface area contributed by atoms with E-state index in [2.05, 4.69) is 328 Å². The molecule has 2 heterocycles. The maximum atomic E-state index is 2.44. The molecule has 0 radical (unpaired) electrons. The minimum absolute atomic E-state index is 1.19. The van der Waals surface area contributed by atoms with Crippen LogP contribution in [0, 0.1) is 0 Å². The standard InChI is InChI=1S/C92H54S2/c1-2-21-62-54-63(45-38-55(62)18-1)56-36-41-60(42-37-56)84-72-28-11-15-32-76(72)87(77-33-16-12-29-73(77)84)80-53-52-78(92-89(80)82-49-47-58-20-4-6-23-66(58)91(82)94-92)69-51-50-64(67-24-7-8-25-68(67)69)59-39-43-61(44-40-59)85-70-26-9-13-30-74(70)86(75-31-14-10-27-71(75)85)79-34-17-35-83-88(79)81-48-46-57-19-3-5-22-65(57)90(81)93-83/h1-54H. The van der Waals surface area contributed by atoms with Crippen molar-refractivity contribution in [2.75, 3.05) is 0 Å². The van der Waals surface area contributed by atoms with Crippen LogP contribution in [0.2, 0.25) is 0 Å². The highest BCUT2D eigenvalue weighted by Crippen LogP contribution is 2.54. The van der Waals surface area contributed by atoms with Crippen molar-refractivity contribution in [3.8, 4) is 77.9 Å². The Kier molecular flexibility index (Phi) is 11.9. The van der Waals surface area contributed by atoms with Gasteiger partial charge in [-0.25, -0.2) is 0 Å². The summed E-state index contributed by atoms with van der Waals surface area (Å²) in [5.41, 5.74) is 17.4. The zero-order valence-corrected chi connectivity index (χ0v) is 52.6. The second-order valence-electron chi connectivity index (χ2n) is 25.2. The maximum absolute atomic E-state index is 2.44. The number of thiophene rings is 2. The molecule has 0 N–H and O–H groups in total. The van der Waals surface area contributed by atoms with Crippen LogP contribution in [0.1, 0.15) is 0 Å². The monoisotopic (exact) mass is 1220 g/mol. The van der Waals surface area contributed by atoms with Crippen LogP contribution in [0.4, 0.5) is 0 Å². The van der Waals surface area contributed by atoms with Crippen LogP contribution in [0.5, 0.6) is 0 Å². The molecule has 0 amide bonds. The molecular formula is C92H54S2. The first-order chi connectivity index (χ1) is 46.6. The highest BCUT2D eigenvalue weighted by atomic mass is 32.1.